The first-order chi connectivity index (χ1) is 14.4. The molecule has 0 aliphatic carbocycles. The molecule has 0 N–H and O–H groups in total. The predicted octanol–water partition coefficient (Wildman–Crippen LogP) is 7.17. The summed E-state index contributed by atoms with van der Waals surface area (Å²) >= 11 is 8.60. The number of aryl methyl sites for hydroxylation is 3. The molecule has 3 aromatic carbocycles. The SMILES string of the molecule is Cc1ccc(Sc2ccc(/C=C3/SC(=S)N(c4ccc(C)cc4C)C3=O)cc2)cc1. The van der Waals surface area contributed by atoms with E-state index in [0.717, 1.165) is 16.8 Å². The fraction of sp³-hybridized carbons (Fsp3) is 0.120. The minimum Gasteiger partial charge on any atom is -0.268 e. The average Bonchev–Trinajstić information content (AvgIpc) is 2.99. The molecule has 1 aliphatic rings. The Balaban J connectivity index is 1.52. The van der Waals surface area contributed by atoms with E-state index >= 15 is 0 Å². The zero-order valence-electron chi connectivity index (χ0n) is 17.0. The Morgan fingerprint density at radius 1 is 0.867 bits per heavy atom. The summed E-state index contributed by atoms with van der Waals surface area (Å²) in [4.78, 5) is 17.7. The first-order valence-corrected chi connectivity index (χ1v) is 11.6. The molecule has 2 nitrogen and oxygen atoms in total. The van der Waals surface area contributed by atoms with Crippen LogP contribution in [0.4, 0.5) is 5.69 Å². The molecule has 0 radical (unpaired) electrons. The van der Waals surface area contributed by atoms with E-state index in [0.29, 0.717) is 9.23 Å². The number of hydrogen-bond acceptors (Lipinski definition) is 4. The van der Waals surface area contributed by atoms with Crippen LogP contribution >= 0.6 is 35.7 Å². The highest BCUT2D eigenvalue weighted by atomic mass is 32.2. The summed E-state index contributed by atoms with van der Waals surface area (Å²) in [6.07, 6.45) is 1.92. The van der Waals surface area contributed by atoms with Gasteiger partial charge in [-0.05, 0) is 68.3 Å². The highest BCUT2D eigenvalue weighted by Gasteiger charge is 2.34. The smallest absolute Gasteiger partial charge is 0.268 e. The Kier molecular flexibility index (Phi) is 6.14. The minimum atomic E-state index is -0.0601. The van der Waals surface area contributed by atoms with E-state index in [-0.39, 0.29) is 5.91 Å². The largest absolute Gasteiger partial charge is 0.270 e. The molecule has 1 saturated heterocycles. The minimum absolute atomic E-state index is 0.0601. The van der Waals surface area contributed by atoms with E-state index in [1.165, 1.54) is 32.7 Å². The number of carbonyl (C=O) groups excluding carboxylic acids is 1. The maximum absolute atomic E-state index is 13.0. The van der Waals surface area contributed by atoms with Gasteiger partial charge < -0.3 is 0 Å². The van der Waals surface area contributed by atoms with Gasteiger partial charge in [0, 0.05) is 9.79 Å². The van der Waals surface area contributed by atoms with Crippen LogP contribution in [0.5, 0.6) is 0 Å². The zero-order valence-corrected chi connectivity index (χ0v) is 19.5. The lowest BCUT2D eigenvalue weighted by atomic mass is 10.1. The molecule has 0 spiro atoms. The molecular formula is C25H21NOS3. The van der Waals surface area contributed by atoms with E-state index in [4.69, 9.17) is 12.2 Å². The maximum atomic E-state index is 13.0. The Labute approximate surface area is 191 Å². The van der Waals surface area contributed by atoms with Crippen molar-refractivity contribution in [3.8, 4) is 0 Å². The van der Waals surface area contributed by atoms with Crippen LogP contribution < -0.4 is 4.90 Å². The molecule has 3 aromatic rings. The number of amides is 1. The van der Waals surface area contributed by atoms with Gasteiger partial charge in [0.05, 0.1) is 10.6 Å². The second-order valence-corrected chi connectivity index (χ2v) is 10.1. The van der Waals surface area contributed by atoms with Crippen molar-refractivity contribution in [2.75, 3.05) is 4.90 Å². The first-order valence-electron chi connectivity index (χ1n) is 9.60. The molecule has 1 amide bonds. The maximum Gasteiger partial charge on any atom is 0.270 e. The summed E-state index contributed by atoms with van der Waals surface area (Å²) in [5, 5.41) is 0. The summed E-state index contributed by atoms with van der Waals surface area (Å²) in [5.41, 5.74) is 5.32. The third-order valence-electron chi connectivity index (χ3n) is 4.82. The highest BCUT2D eigenvalue weighted by Crippen LogP contribution is 2.37. The molecule has 0 atom stereocenters. The third kappa shape index (κ3) is 4.53. The average molecular weight is 448 g/mol. The number of thiocarbonyl (C=S) groups is 1. The number of carbonyl (C=O) groups is 1. The fourth-order valence-electron chi connectivity index (χ4n) is 3.26. The molecule has 30 heavy (non-hydrogen) atoms. The van der Waals surface area contributed by atoms with E-state index in [1.807, 2.05) is 44.2 Å². The molecule has 0 unspecified atom stereocenters. The van der Waals surface area contributed by atoms with Crippen LogP contribution in [0.3, 0.4) is 0 Å². The van der Waals surface area contributed by atoms with Crippen LogP contribution in [0.25, 0.3) is 6.08 Å². The van der Waals surface area contributed by atoms with Crippen molar-refractivity contribution in [1.82, 2.24) is 0 Å². The van der Waals surface area contributed by atoms with Crippen molar-refractivity contribution >= 4 is 57.7 Å². The van der Waals surface area contributed by atoms with Crippen molar-refractivity contribution in [3.63, 3.8) is 0 Å². The number of benzene rings is 3. The Bertz CT molecular complexity index is 1150. The van der Waals surface area contributed by atoms with E-state index in [9.17, 15) is 4.79 Å². The van der Waals surface area contributed by atoms with Gasteiger partial charge in [-0.1, -0.05) is 83.3 Å². The van der Waals surface area contributed by atoms with Crippen molar-refractivity contribution in [2.45, 2.75) is 30.6 Å². The standard InChI is InChI=1S/C25H21NOS3/c1-16-4-9-20(10-5-16)29-21-11-7-19(8-12-21)15-23-24(27)26(25(28)30-23)22-13-6-17(2)14-18(22)3/h4-15H,1-3H3/b23-15+. The molecule has 1 aliphatic heterocycles. The van der Waals surface area contributed by atoms with Gasteiger partial charge in [0.1, 0.15) is 0 Å². The second-order valence-electron chi connectivity index (χ2n) is 7.29. The summed E-state index contributed by atoms with van der Waals surface area (Å²) in [7, 11) is 0. The van der Waals surface area contributed by atoms with Crippen LogP contribution in [0.1, 0.15) is 22.3 Å². The number of nitrogens with zero attached hydrogens (tertiary/aromatic N) is 1. The van der Waals surface area contributed by atoms with E-state index < -0.39 is 0 Å². The van der Waals surface area contributed by atoms with Gasteiger partial charge in [-0.25, -0.2) is 0 Å². The van der Waals surface area contributed by atoms with Crippen LogP contribution in [0.15, 0.2) is 81.4 Å². The topological polar surface area (TPSA) is 20.3 Å². The molecule has 1 heterocycles. The van der Waals surface area contributed by atoms with Gasteiger partial charge in [-0.3, -0.25) is 9.69 Å². The molecule has 150 valence electrons. The van der Waals surface area contributed by atoms with Gasteiger partial charge in [0.25, 0.3) is 5.91 Å². The normalized spacial score (nSPS) is 15.3. The number of anilines is 1. The lowest BCUT2D eigenvalue weighted by molar-refractivity contribution is -0.113. The summed E-state index contributed by atoms with van der Waals surface area (Å²) in [5.74, 6) is -0.0601. The molecular weight excluding hydrogens is 426 g/mol. The monoisotopic (exact) mass is 447 g/mol. The Morgan fingerprint density at radius 3 is 2.10 bits per heavy atom. The third-order valence-corrected chi connectivity index (χ3v) is 7.14. The highest BCUT2D eigenvalue weighted by molar-refractivity contribution is 8.27. The van der Waals surface area contributed by atoms with Crippen molar-refractivity contribution < 1.29 is 4.79 Å². The van der Waals surface area contributed by atoms with Gasteiger partial charge in [-0.15, -0.1) is 0 Å². The van der Waals surface area contributed by atoms with Gasteiger partial charge in [-0.2, -0.15) is 0 Å². The Morgan fingerprint density at radius 2 is 1.47 bits per heavy atom. The van der Waals surface area contributed by atoms with E-state index in [2.05, 4.69) is 49.4 Å². The number of rotatable bonds is 4. The fourth-order valence-corrected chi connectivity index (χ4v) is 5.36. The lowest BCUT2D eigenvalue weighted by Gasteiger charge is -2.17. The molecule has 0 saturated carbocycles. The zero-order chi connectivity index (χ0) is 21.3. The Hall–Kier alpha value is -2.34. The lowest BCUT2D eigenvalue weighted by Crippen LogP contribution is -2.28. The van der Waals surface area contributed by atoms with Crippen molar-refractivity contribution in [3.05, 3.63) is 93.9 Å². The summed E-state index contributed by atoms with van der Waals surface area (Å²) < 4.78 is 0.574. The molecule has 0 bridgehead atoms. The van der Waals surface area contributed by atoms with Crippen LogP contribution in [-0.4, -0.2) is 10.2 Å². The van der Waals surface area contributed by atoms with E-state index in [1.54, 1.807) is 16.7 Å². The number of hydrogen-bond donors (Lipinski definition) is 0. The van der Waals surface area contributed by atoms with Crippen molar-refractivity contribution in [2.24, 2.45) is 0 Å². The molecule has 1 fully saturated rings. The number of thioether (sulfide) groups is 1. The van der Waals surface area contributed by atoms with Gasteiger partial charge in [0.15, 0.2) is 4.32 Å². The van der Waals surface area contributed by atoms with Crippen molar-refractivity contribution in [1.29, 1.82) is 0 Å². The van der Waals surface area contributed by atoms with Crippen LogP contribution in [0.2, 0.25) is 0 Å². The molecule has 0 aromatic heterocycles. The quantitative estimate of drug-likeness (QED) is 0.312. The summed E-state index contributed by atoms with van der Waals surface area (Å²) in [6, 6.07) is 22.8. The summed E-state index contributed by atoms with van der Waals surface area (Å²) in [6.45, 7) is 6.14. The molecule has 5 heteroatoms. The van der Waals surface area contributed by atoms with Crippen LogP contribution in [-0.2, 0) is 4.79 Å². The predicted molar refractivity (Wildman–Crippen MR) is 133 cm³/mol. The van der Waals surface area contributed by atoms with Gasteiger partial charge in [0.2, 0.25) is 0 Å². The van der Waals surface area contributed by atoms with Crippen LogP contribution in [0, 0.1) is 20.8 Å². The van der Waals surface area contributed by atoms with Gasteiger partial charge >= 0.3 is 0 Å². The first kappa shape index (κ1) is 20.9. The second kappa shape index (κ2) is 8.80. The molecule has 4 rings (SSSR count).